The lowest BCUT2D eigenvalue weighted by Gasteiger charge is -2.33. The van der Waals surface area contributed by atoms with Crippen molar-refractivity contribution in [1.29, 1.82) is 0 Å². The lowest BCUT2D eigenvalue weighted by Crippen LogP contribution is -2.47. The highest BCUT2D eigenvalue weighted by Crippen LogP contribution is 2.41. The molecule has 12 heteroatoms. The van der Waals surface area contributed by atoms with Gasteiger partial charge in [-0.25, -0.2) is 4.39 Å². The zero-order chi connectivity index (χ0) is 28.7. The van der Waals surface area contributed by atoms with Crippen LogP contribution in [-0.4, -0.2) is 50.3 Å². The molecular formula is C29H23ClF4N4O3. The predicted octanol–water partition coefficient (Wildman–Crippen LogP) is 6.09. The largest absolute Gasteiger partial charge is 0.489 e. The third-order valence-corrected chi connectivity index (χ3v) is 7.33. The topological polar surface area (TPSA) is 66.9 Å². The molecule has 7 nitrogen and oxygen atoms in total. The molecule has 0 aliphatic carbocycles. The van der Waals surface area contributed by atoms with E-state index >= 15 is 4.39 Å². The van der Waals surface area contributed by atoms with Crippen molar-refractivity contribution in [2.45, 2.75) is 6.18 Å². The van der Waals surface area contributed by atoms with Gasteiger partial charge in [-0.2, -0.15) is 13.2 Å². The van der Waals surface area contributed by atoms with Crippen molar-refractivity contribution in [3.63, 3.8) is 0 Å². The summed E-state index contributed by atoms with van der Waals surface area (Å²) in [6.07, 6.45) is -3.36. The summed E-state index contributed by atoms with van der Waals surface area (Å²) in [4.78, 5) is 20.2. The SMILES string of the molecule is O=C(NN1CCOc2ccccc21)c1cnc2c(-c3cc(C(F)(F)F)cc(Cl)c3F)cccc2c1N1CCOCC1. The Morgan fingerprint density at radius 2 is 1.76 bits per heavy atom. The van der Waals surface area contributed by atoms with E-state index in [2.05, 4.69) is 10.4 Å². The number of fused-ring (bicyclic) bond motifs is 2. The first-order chi connectivity index (χ1) is 19.7. The van der Waals surface area contributed by atoms with Crippen LogP contribution in [0.2, 0.25) is 5.02 Å². The molecule has 3 heterocycles. The fraction of sp³-hybridized carbons (Fsp3) is 0.241. The van der Waals surface area contributed by atoms with E-state index in [1.165, 1.54) is 12.3 Å². The molecule has 41 heavy (non-hydrogen) atoms. The standard InChI is InChI=1S/C29H23ClF4N4O3/c30-22-15-17(29(32,33)34)14-20(25(22)31)18-4-3-5-19-26(18)35-16-21(27(19)37-8-11-40-12-9-37)28(39)36-38-10-13-41-24-7-2-1-6-23(24)38/h1-7,14-16H,8-13H2,(H,36,39). The van der Waals surface area contributed by atoms with Crippen LogP contribution in [-0.2, 0) is 10.9 Å². The van der Waals surface area contributed by atoms with E-state index in [9.17, 15) is 18.0 Å². The van der Waals surface area contributed by atoms with Gasteiger partial charge >= 0.3 is 6.18 Å². The number of halogens is 5. The zero-order valence-electron chi connectivity index (χ0n) is 21.5. The highest BCUT2D eigenvalue weighted by molar-refractivity contribution is 6.31. The number of nitrogens with zero attached hydrogens (tertiary/aromatic N) is 3. The number of anilines is 2. The van der Waals surface area contributed by atoms with Crippen molar-refractivity contribution in [3.8, 4) is 16.9 Å². The number of hydrazine groups is 1. The number of carbonyl (C=O) groups is 1. The number of pyridine rings is 1. The molecule has 0 bridgehead atoms. The van der Waals surface area contributed by atoms with E-state index in [4.69, 9.17) is 21.1 Å². The second-order valence-electron chi connectivity index (χ2n) is 9.55. The van der Waals surface area contributed by atoms with Gasteiger partial charge in [-0.05, 0) is 24.3 Å². The van der Waals surface area contributed by atoms with Crippen molar-refractivity contribution in [2.24, 2.45) is 0 Å². The molecule has 1 saturated heterocycles. The van der Waals surface area contributed by atoms with E-state index in [0.29, 0.717) is 68.0 Å². The summed E-state index contributed by atoms with van der Waals surface area (Å²) in [5, 5.41) is 1.53. The fourth-order valence-corrected chi connectivity index (χ4v) is 5.36. The normalized spacial score (nSPS) is 15.4. The summed E-state index contributed by atoms with van der Waals surface area (Å²) in [7, 11) is 0. The summed E-state index contributed by atoms with van der Waals surface area (Å²) in [5.74, 6) is -0.790. The number of hydrogen-bond acceptors (Lipinski definition) is 6. The van der Waals surface area contributed by atoms with Gasteiger partial charge in [-0.1, -0.05) is 41.9 Å². The molecule has 1 fully saturated rings. The van der Waals surface area contributed by atoms with Gasteiger partial charge in [0.15, 0.2) is 0 Å². The Kier molecular flexibility index (Phi) is 7.08. The number of para-hydroxylation sites is 3. The van der Waals surface area contributed by atoms with Crippen molar-refractivity contribution < 1.29 is 31.8 Å². The lowest BCUT2D eigenvalue weighted by molar-refractivity contribution is -0.137. The number of rotatable bonds is 4. The molecule has 0 radical (unpaired) electrons. The number of benzene rings is 3. The minimum Gasteiger partial charge on any atom is -0.489 e. The molecule has 0 saturated carbocycles. The number of alkyl halides is 3. The van der Waals surface area contributed by atoms with Crippen LogP contribution in [0.1, 0.15) is 15.9 Å². The van der Waals surface area contributed by atoms with Crippen LogP contribution >= 0.6 is 11.6 Å². The number of aromatic nitrogens is 1. The first-order valence-corrected chi connectivity index (χ1v) is 13.2. The van der Waals surface area contributed by atoms with Gasteiger partial charge in [0.05, 0.1) is 52.8 Å². The molecule has 1 amide bonds. The number of ether oxygens (including phenoxy) is 2. The Balaban J connectivity index is 1.48. The maximum Gasteiger partial charge on any atom is 0.416 e. The Bertz CT molecular complexity index is 1640. The minimum absolute atomic E-state index is 0.122. The molecular weight excluding hydrogens is 564 g/mol. The minimum atomic E-state index is -4.73. The summed E-state index contributed by atoms with van der Waals surface area (Å²) in [5.41, 5.74) is 3.36. The molecule has 6 rings (SSSR count). The first kappa shape index (κ1) is 27.1. The summed E-state index contributed by atoms with van der Waals surface area (Å²) < 4.78 is 67.1. The molecule has 0 spiro atoms. The fourth-order valence-electron chi connectivity index (χ4n) is 5.14. The van der Waals surface area contributed by atoms with E-state index < -0.39 is 28.5 Å². The Morgan fingerprint density at radius 1 is 0.976 bits per heavy atom. The third kappa shape index (κ3) is 5.11. The van der Waals surface area contributed by atoms with Gasteiger partial charge < -0.3 is 14.4 Å². The lowest BCUT2D eigenvalue weighted by atomic mass is 9.97. The molecule has 3 aromatic carbocycles. The monoisotopic (exact) mass is 586 g/mol. The van der Waals surface area contributed by atoms with Crippen LogP contribution in [0.5, 0.6) is 5.75 Å². The summed E-state index contributed by atoms with van der Waals surface area (Å²) in [6, 6.07) is 13.4. The number of carbonyl (C=O) groups excluding carboxylic acids is 1. The maximum atomic E-state index is 15.2. The highest BCUT2D eigenvalue weighted by atomic mass is 35.5. The van der Waals surface area contributed by atoms with Crippen molar-refractivity contribution in [3.05, 3.63) is 82.8 Å². The molecule has 0 unspecified atom stereocenters. The van der Waals surface area contributed by atoms with Crippen molar-refractivity contribution >= 4 is 39.8 Å². The van der Waals surface area contributed by atoms with E-state index in [1.54, 1.807) is 17.1 Å². The zero-order valence-corrected chi connectivity index (χ0v) is 22.2. The van der Waals surface area contributed by atoms with Gasteiger partial charge in [-0.15, -0.1) is 0 Å². The smallest absolute Gasteiger partial charge is 0.416 e. The Morgan fingerprint density at radius 3 is 2.54 bits per heavy atom. The van der Waals surface area contributed by atoms with E-state index in [-0.39, 0.29) is 22.2 Å². The summed E-state index contributed by atoms with van der Waals surface area (Å²) >= 11 is 5.89. The van der Waals surface area contributed by atoms with Gasteiger partial charge in [0.1, 0.15) is 18.2 Å². The quantitative estimate of drug-likeness (QED) is 0.292. The van der Waals surface area contributed by atoms with Crippen molar-refractivity contribution in [2.75, 3.05) is 49.4 Å². The number of morpholine rings is 1. The van der Waals surface area contributed by atoms with Crippen LogP contribution in [0, 0.1) is 5.82 Å². The molecule has 1 aromatic heterocycles. The Labute approximate surface area is 237 Å². The van der Waals surface area contributed by atoms with Gasteiger partial charge in [0.2, 0.25) is 0 Å². The number of nitrogens with one attached hydrogen (secondary N) is 1. The average molecular weight is 587 g/mol. The van der Waals surface area contributed by atoms with Gasteiger partial charge in [-0.3, -0.25) is 20.2 Å². The predicted molar refractivity (Wildman–Crippen MR) is 147 cm³/mol. The number of amides is 1. The van der Waals surface area contributed by atoms with Crippen LogP contribution in [0.25, 0.3) is 22.0 Å². The van der Waals surface area contributed by atoms with E-state index in [0.717, 1.165) is 6.07 Å². The van der Waals surface area contributed by atoms with Gasteiger partial charge in [0, 0.05) is 35.8 Å². The highest BCUT2D eigenvalue weighted by Gasteiger charge is 2.33. The molecule has 2 aliphatic rings. The summed E-state index contributed by atoms with van der Waals surface area (Å²) in [6.45, 7) is 2.55. The average Bonchev–Trinajstić information content (AvgIpc) is 2.97. The van der Waals surface area contributed by atoms with Crippen molar-refractivity contribution in [1.82, 2.24) is 10.4 Å². The second-order valence-corrected chi connectivity index (χ2v) is 9.95. The first-order valence-electron chi connectivity index (χ1n) is 12.8. The van der Waals surface area contributed by atoms with Crippen LogP contribution in [0.3, 0.4) is 0 Å². The maximum absolute atomic E-state index is 15.2. The second kappa shape index (κ2) is 10.7. The van der Waals surface area contributed by atoms with Crippen LogP contribution in [0.15, 0.2) is 60.8 Å². The molecule has 0 atom stereocenters. The van der Waals surface area contributed by atoms with Crippen LogP contribution in [0.4, 0.5) is 28.9 Å². The van der Waals surface area contributed by atoms with E-state index in [1.807, 2.05) is 29.2 Å². The molecule has 2 aliphatic heterocycles. The number of hydrogen-bond donors (Lipinski definition) is 1. The molecule has 1 N–H and O–H groups in total. The molecule has 4 aromatic rings. The molecule has 212 valence electrons. The van der Waals surface area contributed by atoms with Gasteiger partial charge in [0.25, 0.3) is 5.91 Å². The van der Waals surface area contributed by atoms with Crippen LogP contribution < -0.4 is 20.1 Å². The third-order valence-electron chi connectivity index (χ3n) is 7.05. The Hall–Kier alpha value is -4.09.